The fourth-order valence-electron chi connectivity index (χ4n) is 1.61. The fourth-order valence-corrected chi connectivity index (χ4v) is 2.65. The van der Waals surface area contributed by atoms with Gasteiger partial charge in [-0.1, -0.05) is 0 Å². The minimum Gasteiger partial charge on any atom is -0.352 e. The maximum atomic E-state index is 4.41. The van der Waals surface area contributed by atoms with Crippen molar-refractivity contribution < 1.29 is 0 Å². The number of halogens is 1. The van der Waals surface area contributed by atoms with E-state index >= 15 is 0 Å². The van der Waals surface area contributed by atoms with Gasteiger partial charge in [0.1, 0.15) is 0 Å². The highest BCUT2D eigenvalue weighted by molar-refractivity contribution is 9.10. The van der Waals surface area contributed by atoms with Crippen LogP contribution < -0.4 is 5.32 Å². The van der Waals surface area contributed by atoms with E-state index < -0.39 is 0 Å². The zero-order chi connectivity index (χ0) is 12.4. The molecule has 3 rings (SSSR count). The van der Waals surface area contributed by atoms with Crippen molar-refractivity contribution in [2.24, 2.45) is 0 Å². The topological polar surface area (TPSA) is 55.1 Å². The molecule has 0 bridgehead atoms. The van der Waals surface area contributed by atoms with Gasteiger partial charge in [0, 0.05) is 30.7 Å². The summed E-state index contributed by atoms with van der Waals surface area (Å²) in [4.78, 5) is 8.64. The van der Waals surface area contributed by atoms with Crippen LogP contribution >= 0.6 is 27.3 Å². The number of fused-ring (bicyclic) bond motifs is 1. The van der Waals surface area contributed by atoms with E-state index in [1.54, 1.807) is 15.9 Å². The van der Waals surface area contributed by atoms with Crippen LogP contribution in [0.4, 0.5) is 5.95 Å². The fraction of sp³-hybridized carbons (Fsp3) is 0.182. The second-order valence-corrected chi connectivity index (χ2v) is 5.50. The van der Waals surface area contributed by atoms with Crippen molar-refractivity contribution in [3.05, 3.63) is 39.4 Å². The molecular weight excluding hydrogens is 314 g/mol. The van der Waals surface area contributed by atoms with Crippen LogP contribution in [0, 0.1) is 0 Å². The van der Waals surface area contributed by atoms with Crippen LogP contribution in [-0.4, -0.2) is 26.1 Å². The molecule has 0 aliphatic heterocycles. The smallest absolute Gasteiger partial charge is 0.243 e. The molecule has 0 spiro atoms. The lowest BCUT2D eigenvalue weighted by Crippen LogP contribution is -2.06. The van der Waals surface area contributed by atoms with Crippen LogP contribution in [0.5, 0.6) is 0 Å². The molecule has 0 amide bonds. The summed E-state index contributed by atoms with van der Waals surface area (Å²) in [6.07, 6.45) is 4.58. The van der Waals surface area contributed by atoms with Crippen LogP contribution in [0.3, 0.4) is 0 Å². The Morgan fingerprint density at radius 3 is 3.17 bits per heavy atom. The molecule has 0 aromatic carbocycles. The third-order valence-electron chi connectivity index (χ3n) is 2.42. The largest absolute Gasteiger partial charge is 0.352 e. The van der Waals surface area contributed by atoms with Gasteiger partial charge >= 0.3 is 0 Å². The molecule has 0 saturated heterocycles. The predicted octanol–water partition coefficient (Wildman–Crippen LogP) is 2.60. The van der Waals surface area contributed by atoms with Crippen molar-refractivity contribution in [3.63, 3.8) is 0 Å². The summed E-state index contributed by atoms with van der Waals surface area (Å²) >= 11 is 5.11. The average Bonchev–Trinajstić information content (AvgIpc) is 2.98. The van der Waals surface area contributed by atoms with E-state index in [0.717, 1.165) is 28.1 Å². The molecule has 0 aliphatic rings. The van der Waals surface area contributed by atoms with E-state index in [-0.39, 0.29) is 0 Å². The lowest BCUT2D eigenvalue weighted by molar-refractivity contribution is 0.932. The number of anilines is 1. The van der Waals surface area contributed by atoms with Gasteiger partial charge in [-0.25, -0.2) is 9.50 Å². The number of hydrogen-bond donors (Lipinski definition) is 1. The number of aromatic nitrogens is 4. The Morgan fingerprint density at radius 2 is 2.39 bits per heavy atom. The predicted molar refractivity (Wildman–Crippen MR) is 75.0 cm³/mol. The van der Waals surface area contributed by atoms with Crippen molar-refractivity contribution in [1.82, 2.24) is 19.6 Å². The SMILES string of the molecule is Brc1cccn2nc(NCCc3nccs3)nc12. The van der Waals surface area contributed by atoms with Gasteiger partial charge in [-0.15, -0.1) is 16.4 Å². The quantitative estimate of drug-likeness (QED) is 0.801. The van der Waals surface area contributed by atoms with Gasteiger partial charge in [0.05, 0.1) is 9.48 Å². The molecule has 0 radical (unpaired) electrons. The Labute approximate surface area is 116 Å². The Bertz CT molecular complexity index is 649. The van der Waals surface area contributed by atoms with E-state index in [4.69, 9.17) is 0 Å². The van der Waals surface area contributed by atoms with Crippen molar-refractivity contribution in [1.29, 1.82) is 0 Å². The summed E-state index contributed by atoms with van der Waals surface area (Å²) in [5, 5.41) is 10.6. The van der Waals surface area contributed by atoms with Gasteiger partial charge in [-0.05, 0) is 28.1 Å². The normalized spacial score (nSPS) is 10.9. The highest BCUT2D eigenvalue weighted by atomic mass is 79.9. The molecule has 3 aromatic rings. The third kappa shape index (κ3) is 2.37. The summed E-state index contributed by atoms with van der Waals surface area (Å²) in [6, 6.07) is 3.87. The summed E-state index contributed by atoms with van der Waals surface area (Å²) in [6.45, 7) is 0.780. The summed E-state index contributed by atoms with van der Waals surface area (Å²) < 4.78 is 2.68. The zero-order valence-corrected chi connectivity index (χ0v) is 11.8. The van der Waals surface area contributed by atoms with E-state index in [2.05, 4.69) is 36.3 Å². The number of nitrogens with one attached hydrogen (secondary N) is 1. The summed E-state index contributed by atoms with van der Waals surface area (Å²) in [5.74, 6) is 0.637. The first-order valence-corrected chi connectivity index (χ1v) is 7.13. The molecule has 0 atom stereocenters. The lowest BCUT2D eigenvalue weighted by atomic mass is 10.4. The maximum Gasteiger partial charge on any atom is 0.243 e. The van der Waals surface area contributed by atoms with Gasteiger partial charge in [-0.3, -0.25) is 0 Å². The Balaban J connectivity index is 1.69. The van der Waals surface area contributed by atoms with Crippen LogP contribution in [-0.2, 0) is 6.42 Å². The third-order valence-corrected chi connectivity index (χ3v) is 3.88. The highest BCUT2D eigenvalue weighted by Crippen LogP contribution is 2.16. The molecule has 0 unspecified atom stereocenters. The zero-order valence-electron chi connectivity index (χ0n) is 9.38. The molecule has 92 valence electrons. The number of hydrogen-bond acceptors (Lipinski definition) is 5. The van der Waals surface area contributed by atoms with Gasteiger partial charge in [0.2, 0.25) is 5.95 Å². The van der Waals surface area contributed by atoms with Crippen LogP contribution in [0.2, 0.25) is 0 Å². The Hall–Kier alpha value is -1.47. The monoisotopic (exact) mass is 323 g/mol. The van der Waals surface area contributed by atoms with Crippen molar-refractivity contribution in [3.8, 4) is 0 Å². The molecule has 3 aromatic heterocycles. The average molecular weight is 324 g/mol. The minimum absolute atomic E-state index is 0.637. The van der Waals surface area contributed by atoms with Crippen LogP contribution in [0.15, 0.2) is 34.4 Å². The summed E-state index contributed by atoms with van der Waals surface area (Å²) in [7, 11) is 0. The Kier molecular flexibility index (Phi) is 3.24. The molecule has 5 nitrogen and oxygen atoms in total. The molecule has 0 aliphatic carbocycles. The van der Waals surface area contributed by atoms with E-state index in [1.807, 2.05) is 29.9 Å². The van der Waals surface area contributed by atoms with Crippen molar-refractivity contribution >= 4 is 38.9 Å². The van der Waals surface area contributed by atoms with Gasteiger partial charge in [-0.2, -0.15) is 4.98 Å². The van der Waals surface area contributed by atoms with Gasteiger partial charge < -0.3 is 5.32 Å². The van der Waals surface area contributed by atoms with Crippen molar-refractivity contribution in [2.75, 3.05) is 11.9 Å². The molecule has 18 heavy (non-hydrogen) atoms. The Morgan fingerprint density at radius 1 is 1.44 bits per heavy atom. The van der Waals surface area contributed by atoms with Gasteiger partial charge in [0.15, 0.2) is 5.65 Å². The number of nitrogens with zero attached hydrogens (tertiary/aromatic N) is 4. The summed E-state index contributed by atoms with van der Waals surface area (Å²) in [5.41, 5.74) is 0.814. The van der Waals surface area contributed by atoms with Gasteiger partial charge in [0.25, 0.3) is 0 Å². The molecule has 1 N–H and O–H groups in total. The molecule has 0 saturated carbocycles. The highest BCUT2D eigenvalue weighted by Gasteiger charge is 2.05. The number of rotatable bonds is 4. The first kappa shape index (κ1) is 11.6. The number of thiazole rings is 1. The van der Waals surface area contributed by atoms with E-state index in [0.29, 0.717) is 5.95 Å². The van der Waals surface area contributed by atoms with E-state index in [1.165, 1.54) is 0 Å². The molecular formula is C11H10BrN5S. The maximum absolute atomic E-state index is 4.41. The van der Waals surface area contributed by atoms with Crippen molar-refractivity contribution in [2.45, 2.75) is 6.42 Å². The van der Waals surface area contributed by atoms with Crippen LogP contribution in [0.1, 0.15) is 5.01 Å². The molecule has 7 heteroatoms. The minimum atomic E-state index is 0.637. The molecule has 3 heterocycles. The second-order valence-electron chi connectivity index (χ2n) is 3.66. The second kappa shape index (κ2) is 5.03. The van der Waals surface area contributed by atoms with E-state index in [9.17, 15) is 0 Å². The first-order valence-electron chi connectivity index (χ1n) is 5.46. The first-order chi connectivity index (χ1) is 8.83. The van der Waals surface area contributed by atoms with Crippen LogP contribution in [0.25, 0.3) is 5.65 Å². The lowest BCUT2D eigenvalue weighted by Gasteiger charge is -1.97. The number of pyridine rings is 1. The molecule has 0 fully saturated rings. The standard InChI is InChI=1S/C11H10BrN5S/c12-8-2-1-6-17-10(8)15-11(16-17)14-4-3-9-13-5-7-18-9/h1-2,5-7H,3-4H2,(H,14,16).